The predicted octanol–water partition coefficient (Wildman–Crippen LogP) is 10.8. The molecular formula is C48H37N5O. The van der Waals surface area contributed by atoms with E-state index in [9.17, 15) is 5.11 Å². The van der Waals surface area contributed by atoms with E-state index in [-0.39, 0.29) is 11.2 Å². The Balaban J connectivity index is 1.27. The van der Waals surface area contributed by atoms with E-state index >= 15 is 0 Å². The first kappa shape index (κ1) is 31.8. The minimum Gasteiger partial charge on any atom is -0.511 e. The number of aromatic nitrogens is 5. The number of fused-ring (bicyclic) bond motifs is 5. The monoisotopic (exact) mass is 699 g/mol. The van der Waals surface area contributed by atoms with Crippen LogP contribution in [0.5, 0.6) is 5.75 Å². The Bertz CT molecular complexity index is 3050. The zero-order chi connectivity index (χ0) is 36.6. The van der Waals surface area contributed by atoms with Gasteiger partial charge in [0.2, 0.25) is 5.95 Å². The summed E-state index contributed by atoms with van der Waals surface area (Å²) in [6, 6.07) is 56.7. The molecular weight excluding hydrogens is 663 g/mol. The summed E-state index contributed by atoms with van der Waals surface area (Å²) in [5, 5.41) is 13.1. The number of benzene rings is 7. The van der Waals surface area contributed by atoms with Crippen molar-refractivity contribution in [1.29, 1.82) is 0 Å². The number of aromatic hydroxyl groups is 1. The van der Waals surface area contributed by atoms with Gasteiger partial charge in [-0.05, 0) is 71.1 Å². The van der Waals surface area contributed by atoms with E-state index < -0.39 is 0 Å². The maximum Gasteiger partial charge on any atom is 0.269 e. The Morgan fingerprint density at radius 3 is 2.07 bits per heavy atom. The molecule has 10 aromatic rings. The Hall–Kier alpha value is -6.92. The number of para-hydroxylation sites is 7. The van der Waals surface area contributed by atoms with Crippen molar-refractivity contribution in [3.8, 4) is 39.9 Å². The van der Waals surface area contributed by atoms with Gasteiger partial charge in [-0.1, -0.05) is 130 Å². The van der Waals surface area contributed by atoms with E-state index in [0.717, 1.165) is 72.3 Å². The van der Waals surface area contributed by atoms with Gasteiger partial charge in [-0.15, -0.1) is 0 Å². The van der Waals surface area contributed by atoms with Gasteiger partial charge < -0.3 is 5.11 Å². The van der Waals surface area contributed by atoms with Gasteiger partial charge in [0.05, 0.1) is 44.5 Å². The maximum atomic E-state index is 10.9. The smallest absolute Gasteiger partial charge is 0.269 e. The molecule has 0 fully saturated rings. The molecule has 1 N–H and O–H groups in total. The highest BCUT2D eigenvalue weighted by atomic mass is 16.3. The van der Waals surface area contributed by atoms with Crippen LogP contribution in [0.4, 0.5) is 0 Å². The maximum absolute atomic E-state index is 10.9. The SMILES string of the molecule is CC(C)(C)c1ccc(-n2c(-n3c4ccccc4c4ccc(-[n+]5[c-]n(-c6ccccc6O)c6ccccc65)cc43)nc3ccccc32)c(-c2ccccc2)c1. The van der Waals surface area contributed by atoms with E-state index in [1.165, 1.54) is 5.56 Å². The van der Waals surface area contributed by atoms with Crippen molar-refractivity contribution in [2.75, 3.05) is 0 Å². The lowest BCUT2D eigenvalue weighted by Crippen LogP contribution is -2.29. The van der Waals surface area contributed by atoms with Gasteiger partial charge in [0, 0.05) is 16.3 Å². The first-order valence-corrected chi connectivity index (χ1v) is 18.3. The Kier molecular flexibility index (Phi) is 7.11. The van der Waals surface area contributed by atoms with Crippen molar-refractivity contribution in [2.24, 2.45) is 0 Å². The van der Waals surface area contributed by atoms with Crippen LogP contribution in [0.1, 0.15) is 26.3 Å². The summed E-state index contributed by atoms with van der Waals surface area (Å²) in [5.74, 6) is 1.01. The van der Waals surface area contributed by atoms with Gasteiger partial charge in [-0.2, -0.15) is 0 Å². The standard InChI is InChI=1S/C48H37N5O/c1-48(2,3)33-25-28-40(37(29-33)32-15-5-4-6-16-32)52-41-20-10-8-18-38(41)49-47(52)53-39-19-9-7-17-35(39)36-27-26-34(30-45(36)53)50-31-51(43-22-12-11-21-42(43)50)44-23-13-14-24-46(44)54/h4-30,54H,1-3H3. The molecule has 260 valence electrons. The molecule has 0 aliphatic rings. The van der Waals surface area contributed by atoms with Gasteiger partial charge >= 0.3 is 0 Å². The second kappa shape index (κ2) is 12.1. The van der Waals surface area contributed by atoms with Crippen molar-refractivity contribution in [3.63, 3.8) is 0 Å². The minimum atomic E-state index is -0.0256. The molecule has 0 spiro atoms. The van der Waals surface area contributed by atoms with Gasteiger partial charge in [0.1, 0.15) is 11.4 Å². The van der Waals surface area contributed by atoms with E-state index in [2.05, 4.69) is 168 Å². The molecule has 0 unspecified atom stereocenters. The quantitative estimate of drug-likeness (QED) is 0.144. The normalized spacial score (nSPS) is 12.1. The molecule has 10 rings (SSSR count). The molecule has 6 nitrogen and oxygen atoms in total. The van der Waals surface area contributed by atoms with Crippen LogP contribution >= 0.6 is 0 Å². The molecule has 3 heterocycles. The molecule has 6 heteroatoms. The molecule has 0 radical (unpaired) electrons. The van der Waals surface area contributed by atoms with Crippen molar-refractivity contribution in [1.82, 2.24) is 18.7 Å². The lowest BCUT2D eigenvalue weighted by molar-refractivity contribution is -0.572. The van der Waals surface area contributed by atoms with Crippen LogP contribution in [0, 0.1) is 6.33 Å². The van der Waals surface area contributed by atoms with Gasteiger partial charge in [0.15, 0.2) is 0 Å². The predicted molar refractivity (Wildman–Crippen MR) is 218 cm³/mol. The van der Waals surface area contributed by atoms with Gasteiger partial charge in [-0.25, -0.2) is 4.98 Å². The van der Waals surface area contributed by atoms with E-state index in [1.54, 1.807) is 6.07 Å². The Morgan fingerprint density at radius 2 is 1.26 bits per heavy atom. The van der Waals surface area contributed by atoms with Crippen LogP contribution in [0.3, 0.4) is 0 Å². The minimum absolute atomic E-state index is 0.0256. The molecule has 0 saturated carbocycles. The van der Waals surface area contributed by atoms with Crippen LogP contribution in [0.15, 0.2) is 164 Å². The number of imidazole rings is 2. The molecule has 0 saturated heterocycles. The summed E-state index contributed by atoms with van der Waals surface area (Å²) in [4.78, 5) is 5.42. The fourth-order valence-corrected chi connectivity index (χ4v) is 7.84. The number of phenols is 1. The molecule has 0 amide bonds. The van der Waals surface area contributed by atoms with Crippen LogP contribution in [-0.2, 0) is 5.41 Å². The molecule has 3 aromatic heterocycles. The topological polar surface area (TPSA) is 51.8 Å². The fourth-order valence-electron chi connectivity index (χ4n) is 7.84. The Labute approximate surface area is 313 Å². The highest BCUT2D eigenvalue weighted by molar-refractivity contribution is 6.09. The summed E-state index contributed by atoms with van der Waals surface area (Å²) in [5.41, 5.74) is 12.2. The van der Waals surface area contributed by atoms with Crippen molar-refractivity contribution in [3.05, 3.63) is 176 Å². The molecule has 0 atom stereocenters. The largest absolute Gasteiger partial charge is 0.511 e. The molecule has 0 aliphatic carbocycles. The molecule has 7 aromatic carbocycles. The van der Waals surface area contributed by atoms with E-state index in [1.807, 2.05) is 34.9 Å². The molecule has 54 heavy (non-hydrogen) atoms. The zero-order valence-electron chi connectivity index (χ0n) is 30.3. The highest BCUT2D eigenvalue weighted by Gasteiger charge is 2.24. The lowest BCUT2D eigenvalue weighted by Gasteiger charge is -2.23. The van der Waals surface area contributed by atoms with Gasteiger partial charge in [-0.3, -0.25) is 18.3 Å². The summed E-state index contributed by atoms with van der Waals surface area (Å²) in [6.07, 6.45) is 3.57. The summed E-state index contributed by atoms with van der Waals surface area (Å²) >= 11 is 0. The molecule has 0 bridgehead atoms. The number of rotatable bonds is 5. The lowest BCUT2D eigenvalue weighted by atomic mass is 9.85. The van der Waals surface area contributed by atoms with Gasteiger partial charge in [0.25, 0.3) is 6.33 Å². The Morgan fingerprint density at radius 1 is 0.574 bits per heavy atom. The third-order valence-corrected chi connectivity index (χ3v) is 10.5. The third-order valence-electron chi connectivity index (χ3n) is 10.5. The zero-order valence-corrected chi connectivity index (χ0v) is 30.3. The number of hydrogen-bond donors (Lipinski definition) is 1. The van der Waals surface area contributed by atoms with E-state index in [0.29, 0.717) is 5.69 Å². The van der Waals surface area contributed by atoms with Crippen molar-refractivity contribution < 1.29 is 9.67 Å². The highest BCUT2D eigenvalue weighted by Crippen LogP contribution is 2.39. The van der Waals surface area contributed by atoms with Crippen LogP contribution in [0.25, 0.3) is 78.0 Å². The second-order valence-electron chi connectivity index (χ2n) is 14.9. The van der Waals surface area contributed by atoms with Crippen molar-refractivity contribution in [2.45, 2.75) is 26.2 Å². The van der Waals surface area contributed by atoms with E-state index in [4.69, 9.17) is 4.98 Å². The van der Waals surface area contributed by atoms with Crippen LogP contribution in [0.2, 0.25) is 0 Å². The van der Waals surface area contributed by atoms with Crippen molar-refractivity contribution >= 4 is 43.9 Å². The average molecular weight is 700 g/mol. The first-order valence-electron chi connectivity index (χ1n) is 18.3. The fraction of sp³-hybridized carbons (Fsp3) is 0.0833. The number of nitrogens with zero attached hydrogens (tertiary/aromatic N) is 5. The second-order valence-corrected chi connectivity index (χ2v) is 14.9. The molecule has 0 aliphatic heterocycles. The number of hydrogen-bond acceptors (Lipinski definition) is 2. The van der Waals surface area contributed by atoms with Crippen LogP contribution in [-0.4, -0.2) is 23.8 Å². The summed E-state index contributed by atoms with van der Waals surface area (Å²) in [7, 11) is 0. The first-order chi connectivity index (χ1) is 26.3. The number of phenolic OH excluding ortho intramolecular Hbond substituents is 1. The van der Waals surface area contributed by atoms with Crippen LogP contribution < -0.4 is 4.57 Å². The third kappa shape index (κ3) is 4.95. The summed E-state index contributed by atoms with van der Waals surface area (Å²) < 4.78 is 8.64. The average Bonchev–Trinajstić information content (AvgIpc) is 3.87. The summed E-state index contributed by atoms with van der Waals surface area (Å²) in [6.45, 7) is 6.79.